The van der Waals surface area contributed by atoms with E-state index in [0.717, 1.165) is 25.7 Å². The van der Waals surface area contributed by atoms with E-state index in [-0.39, 0.29) is 17.2 Å². The van der Waals surface area contributed by atoms with Crippen molar-refractivity contribution in [2.75, 3.05) is 6.54 Å². The van der Waals surface area contributed by atoms with E-state index in [1.165, 1.54) is 0 Å². The summed E-state index contributed by atoms with van der Waals surface area (Å²) in [5.74, 6) is 0.272. The highest BCUT2D eigenvalue weighted by atomic mass is 35.5. The average Bonchev–Trinajstić information content (AvgIpc) is 2.71. The summed E-state index contributed by atoms with van der Waals surface area (Å²) in [4.78, 5) is 11.9. The molecule has 0 aliphatic heterocycles. The summed E-state index contributed by atoms with van der Waals surface area (Å²) in [6.45, 7) is 6.74. The fraction of sp³-hybridized carbons (Fsp3) is 0.917. The molecule has 2 unspecified atom stereocenters. The largest absolute Gasteiger partial charge is 0.355 e. The summed E-state index contributed by atoms with van der Waals surface area (Å²) in [6, 6.07) is 0. The van der Waals surface area contributed by atoms with Crippen molar-refractivity contribution in [2.24, 2.45) is 11.3 Å². The highest BCUT2D eigenvalue weighted by molar-refractivity contribution is 6.51. The lowest BCUT2D eigenvalue weighted by atomic mass is 9.99. The number of nitrogens with one attached hydrogen (secondary N) is 1. The number of halogens is 2. The summed E-state index contributed by atoms with van der Waals surface area (Å²) in [6.07, 6.45) is 3.64. The maximum atomic E-state index is 11.9. The Balaban J connectivity index is 2.35. The Kier molecular flexibility index (Phi) is 4.53. The molecule has 1 saturated carbocycles. The van der Waals surface area contributed by atoms with Crippen molar-refractivity contribution in [1.82, 2.24) is 5.32 Å². The Morgan fingerprint density at radius 3 is 2.38 bits per heavy atom. The molecule has 1 amide bonds. The van der Waals surface area contributed by atoms with Gasteiger partial charge in [0.15, 0.2) is 0 Å². The number of carbonyl (C=O) groups is 1. The molecule has 0 spiro atoms. The number of alkyl halides is 2. The normalized spacial score (nSPS) is 28.6. The average molecular weight is 266 g/mol. The van der Waals surface area contributed by atoms with Crippen molar-refractivity contribution in [1.29, 1.82) is 0 Å². The van der Waals surface area contributed by atoms with E-state index < -0.39 is 4.33 Å². The van der Waals surface area contributed by atoms with Gasteiger partial charge in [0.2, 0.25) is 5.91 Å². The van der Waals surface area contributed by atoms with Crippen LogP contribution in [0.25, 0.3) is 0 Å². The van der Waals surface area contributed by atoms with Crippen LogP contribution in [-0.2, 0) is 4.79 Å². The molecule has 2 atom stereocenters. The van der Waals surface area contributed by atoms with Crippen molar-refractivity contribution in [3.05, 3.63) is 0 Å². The van der Waals surface area contributed by atoms with Gasteiger partial charge in [-0.3, -0.25) is 4.79 Å². The molecular weight excluding hydrogens is 245 g/mol. The molecule has 0 heterocycles. The number of hydrogen-bond donors (Lipinski definition) is 1. The maximum absolute atomic E-state index is 11.9. The summed E-state index contributed by atoms with van der Waals surface area (Å²) >= 11 is 12.0. The van der Waals surface area contributed by atoms with Gasteiger partial charge in [-0.05, 0) is 19.3 Å². The fourth-order valence-corrected chi connectivity index (χ4v) is 2.66. The van der Waals surface area contributed by atoms with Crippen LogP contribution >= 0.6 is 23.2 Å². The predicted molar refractivity (Wildman–Crippen MR) is 68.9 cm³/mol. The zero-order valence-corrected chi connectivity index (χ0v) is 11.8. The molecule has 2 nitrogen and oxygen atoms in total. The molecule has 1 N–H and O–H groups in total. The van der Waals surface area contributed by atoms with Crippen LogP contribution in [0.2, 0.25) is 0 Å². The molecule has 0 aromatic carbocycles. The van der Waals surface area contributed by atoms with E-state index in [0.29, 0.717) is 6.54 Å². The molecule has 0 radical (unpaired) electrons. The van der Waals surface area contributed by atoms with Crippen LogP contribution in [0.1, 0.15) is 46.5 Å². The summed E-state index contributed by atoms with van der Waals surface area (Å²) in [5.41, 5.74) is -0.143. The first-order chi connectivity index (χ1) is 7.36. The van der Waals surface area contributed by atoms with E-state index >= 15 is 0 Å². The zero-order valence-electron chi connectivity index (χ0n) is 10.3. The minimum Gasteiger partial charge on any atom is -0.355 e. The molecule has 0 aromatic rings. The SMILES string of the molecule is CCCC(CC)C(=O)NCC1(C)CC1(Cl)Cl. The molecule has 0 bridgehead atoms. The summed E-state index contributed by atoms with van der Waals surface area (Å²) in [5, 5.41) is 2.97. The third-order valence-corrected chi connectivity index (χ3v) is 4.70. The molecule has 1 aliphatic rings. The Morgan fingerprint density at radius 2 is 2.00 bits per heavy atom. The minimum absolute atomic E-state index is 0.132. The van der Waals surface area contributed by atoms with Gasteiger partial charge in [0, 0.05) is 17.9 Å². The molecule has 16 heavy (non-hydrogen) atoms. The lowest BCUT2D eigenvalue weighted by Crippen LogP contribution is -2.35. The van der Waals surface area contributed by atoms with Gasteiger partial charge in [-0.2, -0.15) is 0 Å². The Morgan fingerprint density at radius 1 is 1.44 bits per heavy atom. The Labute approximate surface area is 108 Å². The van der Waals surface area contributed by atoms with Crippen LogP contribution in [0.5, 0.6) is 0 Å². The van der Waals surface area contributed by atoms with Crippen LogP contribution in [0.3, 0.4) is 0 Å². The first-order valence-electron chi connectivity index (χ1n) is 6.02. The summed E-state index contributed by atoms with van der Waals surface area (Å²) < 4.78 is -0.646. The van der Waals surface area contributed by atoms with Crippen LogP contribution < -0.4 is 5.32 Å². The number of carbonyl (C=O) groups excluding carboxylic acids is 1. The van der Waals surface area contributed by atoms with Gasteiger partial charge in [-0.15, -0.1) is 23.2 Å². The molecule has 1 aliphatic carbocycles. The lowest BCUT2D eigenvalue weighted by molar-refractivity contribution is -0.125. The molecule has 0 aromatic heterocycles. The van der Waals surface area contributed by atoms with Gasteiger partial charge in [-0.25, -0.2) is 0 Å². The van der Waals surface area contributed by atoms with E-state index in [2.05, 4.69) is 12.2 Å². The maximum Gasteiger partial charge on any atom is 0.223 e. The van der Waals surface area contributed by atoms with E-state index in [4.69, 9.17) is 23.2 Å². The van der Waals surface area contributed by atoms with Crippen molar-refractivity contribution in [2.45, 2.75) is 50.8 Å². The van der Waals surface area contributed by atoms with Crippen LogP contribution in [0, 0.1) is 11.3 Å². The second-order valence-corrected chi connectivity index (χ2v) is 6.54. The van der Waals surface area contributed by atoms with Crippen LogP contribution in [0.4, 0.5) is 0 Å². The Bertz CT molecular complexity index is 268. The van der Waals surface area contributed by atoms with Crippen LogP contribution in [0.15, 0.2) is 0 Å². The van der Waals surface area contributed by atoms with E-state index in [1.54, 1.807) is 0 Å². The van der Waals surface area contributed by atoms with Gasteiger partial charge in [0.05, 0.1) is 0 Å². The smallest absolute Gasteiger partial charge is 0.223 e. The third-order valence-electron chi connectivity index (χ3n) is 3.52. The third kappa shape index (κ3) is 3.04. The van der Waals surface area contributed by atoms with E-state index in [9.17, 15) is 4.79 Å². The topological polar surface area (TPSA) is 29.1 Å². The van der Waals surface area contributed by atoms with Gasteiger partial charge in [0.1, 0.15) is 4.33 Å². The number of hydrogen-bond acceptors (Lipinski definition) is 1. The molecule has 1 fully saturated rings. The zero-order chi connectivity index (χ0) is 12.4. The molecule has 1 rings (SSSR count). The van der Waals surface area contributed by atoms with Gasteiger partial charge in [-0.1, -0.05) is 27.2 Å². The van der Waals surface area contributed by atoms with Crippen molar-refractivity contribution < 1.29 is 4.79 Å². The molecule has 0 saturated heterocycles. The second-order valence-electron chi connectivity index (χ2n) is 5.05. The number of amides is 1. The highest BCUT2D eigenvalue weighted by Crippen LogP contribution is 2.63. The molecule has 4 heteroatoms. The lowest BCUT2D eigenvalue weighted by Gasteiger charge is -2.17. The monoisotopic (exact) mass is 265 g/mol. The first kappa shape index (κ1) is 14.1. The van der Waals surface area contributed by atoms with Crippen molar-refractivity contribution in [3.8, 4) is 0 Å². The van der Waals surface area contributed by atoms with Gasteiger partial charge < -0.3 is 5.32 Å². The molecule has 94 valence electrons. The standard InChI is InChI=1S/C12H21Cl2NO/c1-4-6-9(5-2)10(16)15-8-11(3)7-12(11,13)14/h9H,4-8H2,1-3H3,(H,15,16). The quantitative estimate of drug-likeness (QED) is 0.732. The van der Waals surface area contributed by atoms with E-state index in [1.807, 2.05) is 13.8 Å². The fourth-order valence-electron chi connectivity index (χ4n) is 1.93. The predicted octanol–water partition coefficient (Wildman–Crippen LogP) is 3.51. The second kappa shape index (κ2) is 5.14. The first-order valence-corrected chi connectivity index (χ1v) is 6.77. The molecular formula is C12H21Cl2NO. The Hall–Kier alpha value is 0.0500. The van der Waals surface area contributed by atoms with Crippen LogP contribution in [-0.4, -0.2) is 16.8 Å². The van der Waals surface area contributed by atoms with Crippen molar-refractivity contribution in [3.63, 3.8) is 0 Å². The number of rotatable bonds is 6. The van der Waals surface area contributed by atoms with Crippen molar-refractivity contribution >= 4 is 29.1 Å². The van der Waals surface area contributed by atoms with Gasteiger partial charge >= 0.3 is 0 Å². The highest BCUT2D eigenvalue weighted by Gasteiger charge is 2.62. The van der Waals surface area contributed by atoms with Gasteiger partial charge in [0.25, 0.3) is 0 Å². The minimum atomic E-state index is -0.646. The summed E-state index contributed by atoms with van der Waals surface area (Å²) in [7, 11) is 0.